The third-order valence-corrected chi connectivity index (χ3v) is 4.12. The number of fused-ring (bicyclic) bond motifs is 1. The summed E-state index contributed by atoms with van der Waals surface area (Å²) in [4.78, 5) is 20.1. The van der Waals surface area contributed by atoms with Crippen LogP contribution in [-0.2, 0) is 0 Å². The van der Waals surface area contributed by atoms with Gasteiger partial charge in [-0.1, -0.05) is 30.3 Å². The molecule has 2 aromatic carbocycles. The maximum atomic E-state index is 11.5. The van der Waals surface area contributed by atoms with Crippen LogP contribution in [0.3, 0.4) is 0 Å². The number of carboxylic acids is 1. The lowest BCUT2D eigenvalue weighted by Crippen LogP contribution is -2.24. The largest absolute Gasteiger partial charge is 0.496 e. The normalized spacial score (nSPS) is 11.9. The van der Waals surface area contributed by atoms with Crippen molar-refractivity contribution >= 4 is 22.7 Å². The number of aromatic nitrogens is 2. The Labute approximate surface area is 151 Å². The van der Waals surface area contributed by atoms with E-state index >= 15 is 0 Å². The average molecular weight is 352 g/mol. The van der Waals surface area contributed by atoms with Crippen LogP contribution in [0.4, 0.5) is 5.82 Å². The second kappa shape index (κ2) is 7.79. The third-order valence-electron chi connectivity index (χ3n) is 4.12. The van der Waals surface area contributed by atoms with Gasteiger partial charge in [-0.05, 0) is 24.7 Å². The number of rotatable bonds is 7. The molecule has 26 heavy (non-hydrogen) atoms. The van der Waals surface area contributed by atoms with Crippen molar-refractivity contribution in [1.82, 2.24) is 15.3 Å². The quantitative estimate of drug-likeness (QED) is 0.601. The maximum Gasteiger partial charge on any atom is 0.337 e. The van der Waals surface area contributed by atoms with Crippen LogP contribution in [0.15, 0.2) is 48.8 Å². The van der Waals surface area contributed by atoms with Crippen LogP contribution in [0.5, 0.6) is 5.75 Å². The van der Waals surface area contributed by atoms with Crippen molar-refractivity contribution in [3.63, 3.8) is 0 Å². The summed E-state index contributed by atoms with van der Waals surface area (Å²) in [5.74, 6) is 0.000518. The minimum atomic E-state index is -1.04. The highest BCUT2D eigenvalue weighted by Gasteiger charge is 2.19. The second-order valence-electron chi connectivity index (χ2n) is 5.73. The number of nitrogens with zero attached hydrogens (tertiary/aromatic N) is 2. The molecule has 134 valence electrons. The van der Waals surface area contributed by atoms with Crippen LogP contribution in [0.25, 0.3) is 10.9 Å². The molecule has 0 aliphatic rings. The number of aromatic carboxylic acids is 1. The lowest BCUT2D eigenvalue weighted by atomic mass is 10.1. The first-order chi connectivity index (χ1) is 12.7. The zero-order valence-electron chi connectivity index (χ0n) is 14.6. The number of carboxylic acid groups (broad SMARTS) is 1. The number of methoxy groups -OCH3 is 1. The minimum Gasteiger partial charge on any atom is -0.496 e. The number of likely N-dealkylation sites (N-methyl/N-ethyl adjacent to an activating group) is 1. The zero-order valence-corrected chi connectivity index (χ0v) is 14.6. The van der Waals surface area contributed by atoms with Crippen LogP contribution in [0.1, 0.15) is 22.0 Å². The molecule has 3 N–H and O–H groups in total. The molecule has 0 fully saturated rings. The molecule has 3 aromatic rings. The van der Waals surface area contributed by atoms with Crippen molar-refractivity contribution in [2.75, 3.05) is 26.0 Å². The fourth-order valence-corrected chi connectivity index (χ4v) is 2.90. The summed E-state index contributed by atoms with van der Waals surface area (Å²) in [5, 5.41) is 16.6. The van der Waals surface area contributed by atoms with E-state index < -0.39 is 5.97 Å². The maximum absolute atomic E-state index is 11.5. The molecule has 0 amide bonds. The van der Waals surface area contributed by atoms with Gasteiger partial charge in [0.1, 0.15) is 17.9 Å². The fourth-order valence-electron chi connectivity index (χ4n) is 2.90. The molecule has 0 aliphatic heterocycles. The number of benzene rings is 2. The van der Waals surface area contributed by atoms with Crippen LogP contribution < -0.4 is 15.4 Å². The Morgan fingerprint density at radius 1 is 1.19 bits per heavy atom. The molecule has 0 saturated carbocycles. The SMILES string of the molecule is CNCC(Nc1ncnc2c(C(=O)O)ccc(OC)c12)c1ccccc1. The molecule has 1 atom stereocenters. The van der Waals surface area contributed by atoms with Crippen molar-refractivity contribution in [2.45, 2.75) is 6.04 Å². The summed E-state index contributed by atoms with van der Waals surface area (Å²) in [5.41, 5.74) is 1.53. The van der Waals surface area contributed by atoms with Gasteiger partial charge in [-0.3, -0.25) is 0 Å². The predicted octanol–water partition coefficient (Wildman–Crippen LogP) is 2.71. The van der Waals surface area contributed by atoms with Gasteiger partial charge >= 0.3 is 5.97 Å². The van der Waals surface area contributed by atoms with Crippen molar-refractivity contribution in [3.8, 4) is 5.75 Å². The first kappa shape index (κ1) is 17.6. The van der Waals surface area contributed by atoms with E-state index in [9.17, 15) is 9.90 Å². The molecule has 7 nitrogen and oxygen atoms in total. The molecule has 0 radical (unpaired) electrons. The van der Waals surface area contributed by atoms with Gasteiger partial charge in [0.25, 0.3) is 0 Å². The van der Waals surface area contributed by atoms with Gasteiger partial charge in [0, 0.05) is 6.54 Å². The molecule has 3 rings (SSSR count). The summed E-state index contributed by atoms with van der Waals surface area (Å²) in [6, 6.07) is 13.0. The summed E-state index contributed by atoms with van der Waals surface area (Å²) >= 11 is 0. The molecule has 0 bridgehead atoms. The van der Waals surface area contributed by atoms with E-state index in [0.717, 1.165) is 5.56 Å². The molecule has 7 heteroatoms. The Bertz CT molecular complexity index is 915. The van der Waals surface area contributed by atoms with Crippen LogP contribution in [-0.4, -0.2) is 41.7 Å². The molecule has 0 aliphatic carbocycles. The number of anilines is 1. The van der Waals surface area contributed by atoms with E-state index in [4.69, 9.17) is 4.74 Å². The van der Waals surface area contributed by atoms with Gasteiger partial charge in [-0.15, -0.1) is 0 Å². The van der Waals surface area contributed by atoms with Gasteiger partial charge < -0.3 is 20.5 Å². The van der Waals surface area contributed by atoms with Gasteiger partial charge in [0.2, 0.25) is 0 Å². The summed E-state index contributed by atoms with van der Waals surface area (Å²) in [7, 11) is 3.41. The van der Waals surface area contributed by atoms with Gasteiger partial charge in [0.05, 0.1) is 29.6 Å². The standard InChI is InChI=1S/C19H20N4O3/c1-20-10-14(12-6-4-3-5-7-12)23-18-16-15(26-2)9-8-13(19(24)25)17(16)21-11-22-18/h3-9,11,14,20H,10H2,1-2H3,(H,24,25)(H,21,22,23). The van der Waals surface area contributed by atoms with Crippen molar-refractivity contribution in [3.05, 3.63) is 59.9 Å². The Morgan fingerprint density at radius 3 is 2.62 bits per heavy atom. The number of carbonyl (C=O) groups is 1. The first-order valence-electron chi connectivity index (χ1n) is 8.16. The highest BCUT2D eigenvalue weighted by atomic mass is 16.5. The van der Waals surface area contributed by atoms with E-state index in [1.807, 2.05) is 37.4 Å². The van der Waals surface area contributed by atoms with E-state index in [0.29, 0.717) is 29.0 Å². The predicted molar refractivity (Wildman–Crippen MR) is 99.8 cm³/mol. The molecular weight excluding hydrogens is 332 g/mol. The minimum absolute atomic E-state index is 0.0579. The summed E-state index contributed by atoms with van der Waals surface area (Å²) in [6.45, 7) is 0.663. The summed E-state index contributed by atoms with van der Waals surface area (Å²) < 4.78 is 5.42. The topological polar surface area (TPSA) is 96.4 Å². The molecular formula is C19H20N4O3. The Morgan fingerprint density at radius 2 is 1.96 bits per heavy atom. The van der Waals surface area contributed by atoms with Crippen molar-refractivity contribution < 1.29 is 14.6 Å². The van der Waals surface area contributed by atoms with E-state index in [2.05, 4.69) is 20.6 Å². The van der Waals surface area contributed by atoms with Crippen molar-refractivity contribution in [2.24, 2.45) is 0 Å². The molecule has 0 spiro atoms. The third kappa shape index (κ3) is 3.43. The number of nitrogens with one attached hydrogen (secondary N) is 2. The van der Waals surface area contributed by atoms with Gasteiger partial charge in [0.15, 0.2) is 0 Å². The second-order valence-corrected chi connectivity index (χ2v) is 5.73. The Hall–Kier alpha value is -3.19. The molecule has 1 aromatic heterocycles. The number of hydrogen-bond donors (Lipinski definition) is 3. The molecule has 1 heterocycles. The Balaban J connectivity index is 2.12. The lowest BCUT2D eigenvalue weighted by Gasteiger charge is -2.21. The van der Waals surface area contributed by atoms with Crippen molar-refractivity contribution in [1.29, 1.82) is 0 Å². The summed E-state index contributed by atoms with van der Waals surface area (Å²) in [6.07, 6.45) is 1.36. The van der Waals surface area contributed by atoms with Gasteiger partial charge in [-0.2, -0.15) is 0 Å². The highest BCUT2D eigenvalue weighted by molar-refractivity contribution is 6.07. The van der Waals surface area contributed by atoms with E-state index in [1.54, 1.807) is 6.07 Å². The van der Waals surface area contributed by atoms with Crippen LogP contribution in [0, 0.1) is 0 Å². The fraction of sp³-hybridized carbons (Fsp3) is 0.211. The monoisotopic (exact) mass is 352 g/mol. The highest BCUT2D eigenvalue weighted by Crippen LogP contribution is 2.33. The molecule has 1 unspecified atom stereocenters. The molecule has 0 saturated heterocycles. The Kier molecular flexibility index (Phi) is 5.28. The average Bonchev–Trinajstić information content (AvgIpc) is 2.67. The van der Waals surface area contributed by atoms with E-state index in [1.165, 1.54) is 19.5 Å². The van der Waals surface area contributed by atoms with E-state index in [-0.39, 0.29) is 11.6 Å². The number of hydrogen-bond acceptors (Lipinski definition) is 6. The first-order valence-corrected chi connectivity index (χ1v) is 8.16. The van der Waals surface area contributed by atoms with Gasteiger partial charge in [-0.25, -0.2) is 14.8 Å². The number of ether oxygens (including phenoxy) is 1. The smallest absolute Gasteiger partial charge is 0.337 e. The zero-order chi connectivity index (χ0) is 18.5. The van der Waals surface area contributed by atoms with Crippen LogP contribution >= 0.6 is 0 Å². The lowest BCUT2D eigenvalue weighted by molar-refractivity contribution is 0.0699. The van der Waals surface area contributed by atoms with Crippen LogP contribution in [0.2, 0.25) is 0 Å².